The minimum absolute atomic E-state index is 0.736. The molecule has 0 saturated heterocycles. The highest BCUT2D eigenvalue weighted by Gasteiger charge is 2.54. The van der Waals surface area contributed by atoms with Crippen LogP contribution in [0.15, 0.2) is 11.1 Å². The Hall–Kier alpha value is -0.260. The summed E-state index contributed by atoms with van der Waals surface area (Å²) >= 11 is 0. The minimum atomic E-state index is 0.736. The van der Waals surface area contributed by atoms with Crippen molar-refractivity contribution in [2.45, 2.75) is 65.7 Å². The lowest BCUT2D eigenvalue weighted by molar-refractivity contribution is 0.528. The van der Waals surface area contributed by atoms with Gasteiger partial charge >= 0.3 is 0 Å². The minimum Gasteiger partial charge on any atom is -0.0654 e. The van der Waals surface area contributed by atoms with Crippen molar-refractivity contribution in [1.29, 1.82) is 0 Å². The van der Waals surface area contributed by atoms with Crippen LogP contribution in [0.25, 0.3) is 0 Å². The SMILES string of the molecule is CCCC1=C(C2(CCC)CC2)C1CC. The second-order valence-electron chi connectivity index (χ2n) is 5.18. The number of rotatable bonds is 6. The molecule has 1 saturated carbocycles. The van der Waals surface area contributed by atoms with Crippen LogP contribution in [-0.2, 0) is 0 Å². The van der Waals surface area contributed by atoms with Gasteiger partial charge in [0.1, 0.15) is 0 Å². The van der Waals surface area contributed by atoms with E-state index in [1.54, 1.807) is 0 Å². The van der Waals surface area contributed by atoms with Crippen molar-refractivity contribution < 1.29 is 0 Å². The molecule has 0 aromatic heterocycles. The van der Waals surface area contributed by atoms with Crippen molar-refractivity contribution in [3.8, 4) is 0 Å². The molecule has 0 N–H and O–H groups in total. The lowest BCUT2D eigenvalue weighted by Gasteiger charge is -2.10. The molecule has 0 amide bonds. The van der Waals surface area contributed by atoms with Crippen LogP contribution in [0.3, 0.4) is 0 Å². The van der Waals surface area contributed by atoms with E-state index in [1.807, 2.05) is 11.1 Å². The molecule has 0 aliphatic heterocycles. The van der Waals surface area contributed by atoms with Crippen LogP contribution in [-0.4, -0.2) is 0 Å². The third-order valence-electron chi connectivity index (χ3n) is 4.11. The first-order valence-electron chi connectivity index (χ1n) is 6.52. The summed E-state index contributed by atoms with van der Waals surface area (Å²) in [4.78, 5) is 0. The number of allylic oxidation sites excluding steroid dienone is 2. The predicted molar refractivity (Wildman–Crippen MR) is 62.3 cm³/mol. The average molecular weight is 192 g/mol. The molecule has 0 nitrogen and oxygen atoms in total. The second kappa shape index (κ2) is 3.72. The number of hydrogen-bond donors (Lipinski definition) is 0. The molecule has 0 radical (unpaired) electrons. The van der Waals surface area contributed by atoms with E-state index in [0.29, 0.717) is 0 Å². The van der Waals surface area contributed by atoms with Gasteiger partial charge in [-0.25, -0.2) is 0 Å². The van der Waals surface area contributed by atoms with Gasteiger partial charge in [-0.3, -0.25) is 0 Å². The van der Waals surface area contributed by atoms with E-state index in [2.05, 4.69) is 20.8 Å². The van der Waals surface area contributed by atoms with Gasteiger partial charge in [0.05, 0.1) is 0 Å². The Bertz CT molecular complexity index is 243. The molecule has 2 aliphatic carbocycles. The predicted octanol–water partition coefficient (Wildman–Crippen LogP) is 4.70. The topological polar surface area (TPSA) is 0 Å². The first-order valence-corrected chi connectivity index (χ1v) is 6.52. The molecule has 0 heteroatoms. The molecule has 0 spiro atoms. The maximum Gasteiger partial charge on any atom is 0.00159 e. The Labute approximate surface area is 88.8 Å². The molecule has 80 valence electrons. The summed E-state index contributed by atoms with van der Waals surface area (Å²) in [5.74, 6) is 0.948. The fourth-order valence-corrected chi connectivity index (χ4v) is 3.34. The first-order chi connectivity index (χ1) is 6.79. The Morgan fingerprint density at radius 3 is 2.29 bits per heavy atom. The molecule has 1 fully saturated rings. The monoisotopic (exact) mass is 192 g/mol. The van der Waals surface area contributed by atoms with Gasteiger partial charge in [-0.15, -0.1) is 0 Å². The molecule has 0 aromatic carbocycles. The first kappa shape index (κ1) is 10.3. The Balaban J connectivity index is 2.02. The third-order valence-corrected chi connectivity index (χ3v) is 4.11. The molecule has 2 aliphatic rings. The van der Waals surface area contributed by atoms with Gasteiger partial charge in [-0.1, -0.05) is 44.8 Å². The molecule has 14 heavy (non-hydrogen) atoms. The molecule has 0 bridgehead atoms. The lowest BCUT2D eigenvalue weighted by Crippen LogP contribution is -1.99. The van der Waals surface area contributed by atoms with E-state index in [-0.39, 0.29) is 0 Å². The van der Waals surface area contributed by atoms with E-state index in [9.17, 15) is 0 Å². The molecular formula is C14H24. The zero-order valence-corrected chi connectivity index (χ0v) is 10.0. The van der Waals surface area contributed by atoms with E-state index >= 15 is 0 Å². The fraction of sp³-hybridized carbons (Fsp3) is 0.857. The zero-order valence-electron chi connectivity index (χ0n) is 10.0. The summed E-state index contributed by atoms with van der Waals surface area (Å²) in [5.41, 5.74) is 4.52. The highest BCUT2D eigenvalue weighted by molar-refractivity contribution is 5.48. The Morgan fingerprint density at radius 1 is 1.14 bits per heavy atom. The van der Waals surface area contributed by atoms with Gasteiger partial charge in [0.15, 0.2) is 0 Å². The van der Waals surface area contributed by atoms with Crippen LogP contribution in [0.2, 0.25) is 0 Å². The maximum absolute atomic E-state index is 2.36. The van der Waals surface area contributed by atoms with Crippen molar-refractivity contribution in [2.24, 2.45) is 11.3 Å². The van der Waals surface area contributed by atoms with E-state index in [0.717, 1.165) is 11.3 Å². The average Bonchev–Trinajstić information content (AvgIpc) is 3.02. The van der Waals surface area contributed by atoms with Gasteiger partial charge < -0.3 is 0 Å². The summed E-state index contributed by atoms with van der Waals surface area (Å²) in [5, 5.41) is 0. The normalized spacial score (nSPS) is 28.1. The van der Waals surface area contributed by atoms with Crippen LogP contribution < -0.4 is 0 Å². The standard InChI is InChI=1S/C14H24/c1-4-7-12-11(6-3)13(12)14(8-5-2)9-10-14/h11H,4-10H2,1-3H3. The Morgan fingerprint density at radius 2 is 1.86 bits per heavy atom. The van der Waals surface area contributed by atoms with Crippen LogP contribution in [0, 0.1) is 11.3 Å². The van der Waals surface area contributed by atoms with Crippen LogP contribution >= 0.6 is 0 Å². The summed E-state index contributed by atoms with van der Waals surface area (Å²) in [6.45, 7) is 7.01. The lowest BCUT2D eigenvalue weighted by atomic mass is 9.94. The quantitative estimate of drug-likeness (QED) is 0.535. The fourth-order valence-electron chi connectivity index (χ4n) is 3.34. The summed E-state index contributed by atoms with van der Waals surface area (Å²) in [6, 6.07) is 0. The summed E-state index contributed by atoms with van der Waals surface area (Å²) < 4.78 is 0. The van der Waals surface area contributed by atoms with Crippen molar-refractivity contribution in [1.82, 2.24) is 0 Å². The van der Waals surface area contributed by atoms with Gasteiger partial charge in [0, 0.05) is 5.92 Å². The third kappa shape index (κ3) is 1.53. The van der Waals surface area contributed by atoms with Gasteiger partial charge in [0.2, 0.25) is 0 Å². The highest BCUT2D eigenvalue weighted by atomic mass is 14.6. The van der Waals surface area contributed by atoms with E-state index < -0.39 is 0 Å². The number of hydrogen-bond acceptors (Lipinski definition) is 0. The van der Waals surface area contributed by atoms with Crippen molar-refractivity contribution in [2.75, 3.05) is 0 Å². The zero-order chi connectivity index (χ0) is 10.2. The largest absolute Gasteiger partial charge is 0.0654 e. The molecule has 0 heterocycles. The summed E-state index contributed by atoms with van der Waals surface area (Å²) in [6.07, 6.45) is 9.94. The molecule has 1 atom stereocenters. The van der Waals surface area contributed by atoms with E-state index in [4.69, 9.17) is 0 Å². The highest BCUT2D eigenvalue weighted by Crippen LogP contribution is 2.67. The molecule has 1 unspecified atom stereocenters. The molecular weight excluding hydrogens is 168 g/mol. The van der Waals surface area contributed by atoms with Crippen molar-refractivity contribution >= 4 is 0 Å². The van der Waals surface area contributed by atoms with Crippen LogP contribution in [0.4, 0.5) is 0 Å². The maximum atomic E-state index is 2.36. The Kier molecular flexibility index (Phi) is 2.72. The second-order valence-corrected chi connectivity index (χ2v) is 5.18. The van der Waals surface area contributed by atoms with Crippen LogP contribution in [0.5, 0.6) is 0 Å². The molecule has 0 aromatic rings. The van der Waals surface area contributed by atoms with Gasteiger partial charge in [-0.2, -0.15) is 0 Å². The van der Waals surface area contributed by atoms with Crippen LogP contribution in [0.1, 0.15) is 65.7 Å². The smallest absolute Gasteiger partial charge is 0.00159 e. The molecule has 2 rings (SSSR count). The summed E-state index contributed by atoms with van der Waals surface area (Å²) in [7, 11) is 0. The van der Waals surface area contributed by atoms with Gasteiger partial charge in [0.25, 0.3) is 0 Å². The van der Waals surface area contributed by atoms with E-state index in [1.165, 1.54) is 44.9 Å². The van der Waals surface area contributed by atoms with Gasteiger partial charge in [-0.05, 0) is 37.5 Å². The van der Waals surface area contributed by atoms with Crippen molar-refractivity contribution in [3.63, 3.8) is 0 Å². The van der Waals surface area contributed by atoms with Crippen molar-refractivity contribution in [3.05, 3.63) is 11.1 Å².